The fourth-order valence-corrected chi connectivity index (χ4v) is 1.64. The summed E-state index contributed by atoms with van der Waals surface area (Å²) in [6, 6.07) is 5.37. The summed E-state index contributed by atoms with van der Waals surface area (Å²) in [7, 11) is 0. The van der Waals surface area contributed by atoms with E-state index in [9.17, 15) is 4.79 Å². The predicted molar refractivity (Wildman–Crippen MR) is 64.6 cm³/mol. The summed E-state index contributed by atoms with van der Waals surface area (Å²) in [4.78, 5) is 12.0. The van der Waals surface area contributed by atoms with Gasteiger partial charge in [0.1, 0.15) is 13.2 Å². The lowest BCUT2D eigenvalue weighted by Gasteiger charge is -2.20. The van der Waals surface area contributed by atoms with Crippen LogP contribution in [-0.2, 0) is 0 Å². The van der Waals surface area contributed by atoms with Crippen LogP contribution in [0.25, 0.3) is 0 Å². The molecule has 0 saturated carbocycles. The predicted octanol–water partition coefficient (Wildman–Crippen LogP) is 1.84. The van der Waals surface area contributed by atoms with E-state index in [1.54, 1.807) is 12.1 Å². The highest BCUT2D eigenvalue weighted by atomic mass is 16.6. The highest BCUT2D eigenvalue weighted by molar-refractivity contribution is 5.97. The van der Waals surface area contributed by atoms with Crippen LogP contribution in [0.15, 0.2) is 18.2 Å². The Labute approximate surface area is 101 Å². The molecule has 0 spiro atoms. The molecule has 0 aliphatic carbocycles. The molecule has 1 N–H and O–H groups in total. The lowest BCUT2D eigenvalue weighted by atomic mass is 10.1. The summed E-state index contributed by atoms with van der Waals surface area (Å²) in [6.07, 6.45) is 0. The maximum absolute atomic E-state index is 12.0. The van der Waals surface area contributed by atoms with Gasteiger partial charge in [-0.05, 0) is 18.1 Å². The molecule has 0 unspecified atom stereocenters. The Balaban J connectivity index is 2.17. The molecule has 0 fully saturated rings. The third-order valence-corrected chi connectivity index (χ3v) is 2.48. The highest BCUT2D eigenvalue weighted by Gasteiger charge is 2.19. The van der Waals surface area contributed by atoms with E-state index in [4.69, 9.17) is 9.47 Å². The molecule has 1 amide bonds. The highest BCUT2D eigenvalue weighted by Crippen LogP contribution is 2.33. The van der Waals surface area contributed by atoms with E-state index in [-0.39, 0.29) is 5.91 Å². The van der Waals surface area contributed by atoms with Gasteiger partial charge in [0.05, 0.1) is 5.56 Å². The van der Waals surface area contributed by atoms with Crippen molar-refractivity contribution in [2.24, 2.45) is 5.92 Å². The maximum Gasteiger partial charge on any atom is 0.255 e. The van der Waals surface area contributed by atoms with E-state index < -0.39 is 0 Å². The average Bonchev–Trinajstić information content (AvgIpc) is 2.35. The number of fused-ring (bicyclic) bond motifs is 1. The smallest absolute Gasteiger partial charge is 0.255 e. The minimum Gasteiger partial charge on any atom is -0.486 e. The molecule has 1 aromatic rings. The summed E-state index contributed by atoms with van der Waals surface area (Å²) in [5, 5.41) is 2.87. The molecule has 0 atom stereocenters. The third-order valence-electron chi connectivity index (χ3n) is 2.48. The van der Waals surface area contributed by atoms with E-state index in [2.05, 4.69) is 19.2 Å². The Morgan fingerprint density at radius 2 is 2.12 bits per heavy atom. The van der Waals surface area contributed by atoms with Gasteiger partial charge in [-0.25, -0.2) is 0 Å². The number of carbonyl (C=O) groups is 1. The van der Waals surface area contributed by atoms with Crippen LogP contribution in [0.1, 0.15) is 24.2 Å². The number of hydrogen-bond acceptors (Lipinski definition) is 3. The van der Waals surface area contributed by atoms with Crippen molar-refractivity contribution in [1.82, 2.24) is 5.32 Å². The van der Waals surface area contributed by atoms with Gasteiger partial charge in [-0.3, -0.25) is 4.79 Å². The molecular formula is C13H17NO3. The summed E-state index contributed by atoms with van der Waals surface area (Å²) in [5.41, 5.74) is 0.544. The van der Waals surface area contributed by atoms with Crippen molar-refractivity contribution in [3.05, 3.63) is 23.8 Å². The largest absolute Gasteiger partial charge is 0.486 e. The standard InChI is InChI=1S/C13H17NO3/c1-9(2)8-14-13(15)10-4-3-5-11-12(10)17-7-6-16-11/h3-5,9H,6-8H2,1-2H3,(H,14,15). The van der Waals surface area contributed by atoms with Crippen molar-refractivity contribution in [1.29, 1.82) is 0 Å². The Kier molecular flexibility index (Phi) is 3.52. The van der Waals surface area contributed by atoms with Crippen LogP contribution in [0.4, 0.5) is 0 Å². The van der Waals surface area contributed by atoms with Gasteiger partial charge in [-0.1, -0.05) is 19.9 Å². The van der Waals surface area contributed by atoms with E-state index in [1.807, 2.05) is 6.07 Å². The number of amides is 1. The van der Waals surface area contributed by atoms with Crippen LogP contribution in [0.3, 0.4) is 0 Å². The average molecular weight is 235 g/mol. The lowest BCUT2D eigenvalue weighted by Crippen LogP contribution is -2.28. The summed E-state index contributed by atoms with van der Waals surface area (Å²) >= 11 is 0. The van der Waals surface area contributed by atoms with Crippen molar-refractivity contribution in [2.45, 2.75) is 13.8 Å². The second-order valence-corrected chi connectivity index (χ2v) is 4.43. The Bertz CT molecular complexity index is 415. The number of hydrogen-bond donors (Lipinski definition) is 1. The normalized spacial score (nSPS) is 13.6. The summed E-state index contributed by atoms with van der Waals surface area (Å²) in [6.45, 7) is 5.79. The number of para-hydroxylation sites is 1. The van der Waals surface area contributed by atoms with Crippen LogP contribution >= 0.6 is 0 Å². The Morgan fingerprint density at radius 3 is 2.88 bits per heavy atom. The van der Waals surface area contributed by atoms with Gasteiger partial charge in [0.25, 0.3) is 5.91 Å². The second kappa shape index (κ2) is 5.08. The van der Waals surface area contributed by atoms with E-state index in [1.165, 1.54) is 0 Å². The molecule has 1 aromatic carbocycles. The molecule has 4 nitrogen and oxygen atoms in total. The zero-order valence-electron chi connectivity index (χ0n) is 10.2. The van der Waals surface area contributed by atoms with E-state index >= 15 is 0 Å². The van der Waals surface area contributed by atoms with Crippen LogP contribution < -0.4 is 14.8 Å². The van der Waals surface area contributed by atoms with Gasteiger partial charge in [0.2, 0.25) is 0 Å². The zero-order valence-corrected chi connectivity index (χ0v) is 10.2. The first-order chi connectivity index (χ1) is 8.18. The molecule has 92 valence electrons. The molecule has 1 aliphatic rings. The van der Waals surface area contributed by atoms with Gasteiger partial charge in [-0.2, -0.15) is 0 Å². The number of nitrogens with one attached hydrogen (secondary N) is 1. The molecule has 0 saturated heterocycles. The number of benzene rings is 1. The molecule has 1 aliphatic heterocycles. The van der Waals surface area contributed by atoms with Crippen molar-refractivity contribution in [2.75, 3.05) is 19.8 Å². The topological polar surface area (TPSA) is 47.6 Å². The van der Waals surface area contributed by atoms with Crippen LogP contribution in [0.5, 0.6) is 11.5 Å². The van der Waals surface area contributed by atoms with Crippen molar-refractivity contribution in [3.8, 4) is 11.5 Å². The molecule has 4 heteroatoms. The molecule has 1 heterocycles. The third kappa shape index (κ3) is 2.70. The van der Waals surface area contributed by atoms with Crippen LogP contribution in [0, 0.1) is 5.92 Å². The van der Waals surface area contributed by atoms with E-state index in [0.717, 1.165) is 0 Å². The van der Waals surface area contributed by atoms with Gasteiger partial charge >= 0.3 is 0 Å². The Morgan fingerprint density at radius 1 is 1.35 bits per heavy atom. The van der Waals surface area contributed by atoms with E-state index in [0.29, 0.717) is 42.7 Å². The maximum atomic E-state index is 12.0. The minimum atomic E-state index is -0.110. The molecular weight excluding hydrogens is 218 g/mol. The first-order valence-corrected chi connectivity index (χ1v) is 5.85. The SMILES string of the molecule is CC(C)CNC(=O)c1cccc2c1OCCO2. The first-order valence-electron chi connectivity index (χ1n) is 5.85. The zero-order chi connectivity index (χ0) is 12.3. The quantitative estimate of drug-likeness (QED) is 0.869. The second-order valence-electron chi connectivity index (χ2n) is 4.43. The fourth-order valence-electron chi connectivity index (χ4n) is 1.64. The summed E-state index contributed by atoms with van der Waals surface area (Å²) in [5.74, 6) is 1.52. The number of ether oxygens (including phenoxy) is 2. The first kappa shape index (κ1) is 11.8. The number of rotatable bonds is 3. The molecule has 2 rings (SSSR count). The Hall–Kier alpha value is -1.71. The van der Waals surface area contributed by atoms with Gasteiger partial charge < -0.3 is 14.8 Å². The monoisotopic (exact) mass is 235 g/mol. The van der Waals surface area contributed by atoms with Gasteiger partial charge in [0, 0.05) is 6.54 Å². The van der Waals surface area contributed by atoms with Gasteiger partial charge in [0.15, 0.2) is 11.5 Å². The van der Waals surface area contributed by atoms with Crippen molar-refractivity contribution < 1.29 is 14.3 Å². The number of carbonyl (C=O) groups excluding carboxylic acids is 1. The molecule has 0 aromatic heterocycles. The van der Waals surface area contributed by atoms with Gasteiger partial charge in [-0.15, -0.1) is 0 Å². The van der Waals surface area contributed by atoms with Crippen LogP contribution in [0.2, 0.25) is 0 Å². The molecule has 0 bridgehead atoms. The van der Waals surface area contributed by atoms with Crippen molar-refractivity contribution >= 4 is 5.91 Å². The lowest BCUT2D eigenvalue weighted by molar-refractivity contribution is 0.0938. The molecule has 0 radical (unpaired) electrons. The van der Waals surface area contributed by atoms with Crippen molar-refractivity contribution in [3.63, 3.8) is 0 Å². The molecule has 17 heavy (non-hydrogen) atoms. The minimum absolute atomic E-state index is 0.110. The van der Waals surface area contributed by atoms with Crippen LogP contribution in [-0.4, -0.2) is 25.7 Å². The summed E-state index contributed by atoms with van der Waals surface area (Å²) < 4.78 is 10.9. The fraction of sp³-hybridized carbons (Fsp3) is 0.462.